The van der Waals surface area contributed by atoms with Crippen LogP contribution in [0, 0.1) is 0 Å². The summed E-state index contributed by atoms with van der Waals surface area (Å²) in [5, 5.41) is 3.02. The molecule has 4 nitrogen and oxygen atoms in total. The molecule has 1 heterocycles. The largest absolute Gasteiger partial charge is 0.316 e. The van der Waals surface area contributed by atoms with Gasteiger partial charge in [0.25, 0.3) is 0 Å². The van der Waals surface area contributed by atoms with E-state index < -0.39 is 0 Å². The van der Waals surface area contributed by atoms with E-state index in [2.05, 4.69) is 5.32 Å². The minimum absolute atomic E-state index is 0.0715. The van der Waals surface area contributed by atoms with E-state index in [1.165, 1.54) is 4.90 Å². The zero-order chi connectivity index (χ0) is 9.14. The monoisotopic (exact) mass is 170 g/mol. The number of nitrogens with zero attached hydrogens (tertiary/aromatic N) is 1. The summed E-state index contributed by atoms with van der Waals surface area (Å²) in [6, 6.07) is 0.159. The van der Waals surface area contributed by atoms with Gasteiger partial charge in [-0.2, -0.15) is 0 Å². The number of carbonyl (C=O) groups excluding carboxylic acids is 2. The molecule has 0 spiro atoms. The second-order valence-corrected chi connectivity index (χ2v) is 3.07. The molecule has 0 aromatic rings. The van der Waals surface area contributed by atoms with Gasteiger partial charge in [0.15, 0.2) is 0 Å². The number of rotatable bonds is 1. The molecule has 1 fully saturated rings. The third kappa shape index (κ3) is 1.82. The Morgan fingerprint density at radius 2 is 2.08 bits per heavy atom. The van der Waals surface area contributed by atoms with Crippen LogP contribution < -0.4 is 5.32 Å². The van der Waals surface area contributed by atoms with Gasteiger partial charge in [0.2, 0.25) is 11.8 Å². The molecule has 12 heavy (non-hydrogen) atoms. The van der Waals surface area contributed by atoms with Crippen molar-refractivity contribution in [2.45, 2.75) is 25.3 Å². The number of imide groups is 1. The van der Waals surface area contributed by atoms with Crippen molar-refractivity contribution in [2.24, 2.45) is 0 Å². The highest BCUT2D eigenvalue weighted by atomic mass is 16.2. The highest BCUT2D eigenvalue weighted by Gasteiger charge is 2.25. The lowest BCUT2D eigenvalue weighted by molar-refractivity contribution is -0.142. The smallest absolute Gasteiger partial charge is 0.230 e. The first-order chi connectivity index (χ1) is 5.65. The van der Waals surface area contributed by atoms with E-state index in [9.17, 15) is 9.59 Å². The highest BCUT2D eigenvalue weighted by molar-refractivity contribution is 5.96. The summed E-state index contributed by atoms with van der Waals surface area (Å²) in [5.41, 5.74) is 0. The number of amides is 2. The van der Waals surface area contributed by atoms with Crippen LogP contribution in [0.5, 0.6) is 0 Å². The van der Waals surface area contributed by atoms with Crippen molar-refractivity contribution in [3.8, 4) is 0 Å². The van der Waals surface area contributed by atoms with E-state index >= 15 is 0 Å². The van der Waals surface area contributed by atoms with Gasteiger partial charge in [-0.25, -0.2) is 0 Å². The van der Waals surface area contributed by atoms with Crippen molar-refractivity contribution in [1.29, 1.82) is 0 Å². The maximum Gasteiger partial charge on any atom is 0.230 e. The van der Waals surface area contributed by atoms with E-state index in [-0.39, 0.29) is 17.9 Å². The molecule has 0 saturated carbocycles. The number of hydrogen-bond acceptors (Lipinski definition) is 3. The van der Waals surface area contributed by atoms with Crippen molar-refractivity contribution in [2.75, 3.05) is 14.1 Å². The molecule has 2 amide bonds. The lowest BCUT2D eigenvalue weighted by Gasteiger charge is -2.12. The molecule has 1 N–H and O–H groups in total. The molecule has 1 saturated heterocycles. The summed E-state index contributed by atoms with van der Waals surface area (Å²) < 4.78 is 0. The molecule has 0 aromatic heterocycles. The fourth-order valence-corrected chi connectivity index (χ4v) is 1.30. The van der Waals surface area contributed by atoms with Crippen molar-refractivity contribution in [3.05, 3.63) is 0 Å². The number of carbonyl (C=O) groups is 2. The molecular weight excluding hydrogens is 156 g/mol. The zero-order valence-corrected chi connectivity index (χ0v) is 7.46. The first-order valence-corrected chi connectivity index (χ1v) is 4.11. The van der Waals surface area contributed by atoms with Crippen LogP contribution >= 0.6 is 0 Å². The molecule has 1 aliphatic heterocycles. The maximum atomic E-state index is 11.3. The predicted molar refractivity (Wildman–Crippen MR) is 44.5 cm³/mol. The third-order valence-corrected chi connectivity index (χ3v) is 2.28. The van der Waals surface area contributed by atoms with Gasteiger partial charge in [0.05, 0.1) is 0 Å². The fraction of sp³-hybridized carbons (Fsp3) is 0.750. The Labute approximate surface area is 71.9 Å². The Hall–Kier alpha value is -0.900. The average Bonchev–Trinajstić information content (AvgIpc) is 2.19. The van der Waals surface area contributed by atoms with Gasteiger partial charge in [0.1, 0.15) is 0 Å². The Morgan fingerprint density at radius 1 is 1.42 bits per heavy atom. The Morgan fingerprint density at radius 3 is 2.67 bits per heavy atom. The molecule has 0 unspecified atom stereocenters. The summed E-state index contributed by atoms with van der Waals surface area (Å²) in [4.78, 5) is 23.6. The summed E-state index contributed by atoms with van der Waals surface area (Å²) in [5.74, 6) is -0.158. The molecule has 1 atom stereocenters. The van der Waals surface area contributed by atoms with Gasteiger partial charge < -0.3 is 5.32 Å². The summed E-state index contributed by atoms with van der Waals surface area (Å²) >= 11 is 0. The van der Waals surface area contributed by atoms with Crippen molar-refractivity contribution < 1.29 is 9.59 Å². The van der Waals surface area contributed by atoms with Crippen LogP contribution in [0.2, 0.25) is 0 Å². The molecule has 4 heteroatoms. The van der Waals surface area contributed by atoms with Gasteiger partial charge in [-0.1, -0.05) is 0 Å². The predicted octanol–water partition coefficient (Wildman–Crippen LogP) is -0.257. The standard InChI is InChI=1S/C8H14N2O2/c1-9-6-3-4-7(11)10(2)8(12)5-6/h6,9H,3-5H2,1-2H3/t6-/m1/s1. The SMILES string of the molecule is CN[C@@H]1CCC(=O)N(C)C(=O)C1. The minimum Gasteiger partial charge on any atom is -0.316 e. The molecule has 0 aromatic carbocycles. The molecule has 0 bridgehead atoms. The van der Waals surface area contributed by atoms with Crippen LogP contribution in [0.1, 0.15) is 19.3 Å². The molecule has 1 aliphatic rings. The average molecular weight is 170 g/mol. The lowest BCUT2D eigenvalue weighted by Crippen LogP contribution is -2.33. The van der Waals surface area contributed by atoms with Crippen LogP contribution in [0.3, 0.4) is 0 Å². The summed E-state index contributed by atoms with van der Waals surface area (Å²) in [6.45, 7) is 0. The Bertz CT molecular complexity index is 203. The van der Waals surface area contributed by atoms with Crippen molar-refractivity contribution in [1.82, 2.24) is 10.2 Å². The minimum atomic E-state index is -0.0862. The van der Waals surface area contributed by atoms with E-state index in [4.69, 9.17) is 0 Å². The number of nitrogens with one attached hydrogen (secondary N) is 1. The normalized spacial score (nSPS) is 25.8. The van der Waals surface area contributed by atoms with E-state index in [1.807, 2.05) is 7.05 Å². The number of likely N-dealkylation sites (tertiary alicyclic amines) is 1. The van der Waals surface area contributed by atoms with Gasteiger partial charge in [-0.05, 0) is 13.5 Å². The van der Waals surface area contributed by atoms with Gasteiger partial charge in [-0.3, -0.25) is 14.5 Å². The van der Waals surface area contributed by atoms with Crippen LogP contribution in [-0.2, 0) is 9.59 Å². The molecule has 68 valence electrons. The Kier molecular flexibility index (Phi) is 2.81. The molecule has 0 aliphatic carbocycles. The molecule has 0 radical (unpaired) electrons. The third-order valence-electron chi connectivity index (χ3n) is 2.28. The number of hydrogen-bond donors (Lipinski definition) is 1. The molecular formula is C8H14N2O2. The van der Waals surface area contributed by atoms with Gasteiger partial charge in [0, 0.05) is 25.9 Å². The summed E-state index contributed by atoms with van der Waals surface area (Å²) in [6.07, 6.45) is 1.65. The van der Waals surface area contributed by atoms with Gasteiger partial charge in [-0.15, -0.1) is 0 Å². The summed E-state index contributed by atoms with van der Waals surface area (Å²) in [7, 11) is 3.36. The second-order valence-electron chi connectivity index (χ2n) is 3.07. The van der Waals surface area contributed by atoms with Crippen molar-refractivity contribution in [3.63, 3.8) is 0 Å². The topological polar surface area (TPSA) is 49.4 Å². The van der Waals surface area contributed by atoms with Crippen molar-refractivity contribution >= 4 is 11.8 Å². The fourth-order valence-electron chi connectivity index (χ4n) is 1.30. The van der Waals surface area contributed by atoms with E-state index in [0.717, 1.165) is 6.42 Å². The van der Waals surface area contributed by atoms with Crippen LogP contribution in [-0.4, -0.2) is 36.9 Å². The first-order valence-electron chi connectivity index (χ1n) is 4.11. The van der Waals surface area contributed by atoms with Crippen LogP contribution in [0.25, 0.3) is 0 Å². The first kappa shape index (κ1) is 9.19. The van der Waals surface area contributed by atoms with E-state index in [1.54, 1.807) is 7.05 Å². The lowest BCUT2D eigenvalue weighted by atomic mass is 10.1. The van der Waals surface area contributed by atoms with Crippen LogP contribution in [0.15, 0.2) is 0 Å². The second kappa shape index (κ2) is 3.67. The van der Waals surface area contributed by atoms with Gasteiger partial charge >= 0.3 is 0 Å². The highest BCUT2D eigenvalue weighted by Crippen LogP contribution is 2.11. The quantitative estimate of drug-likeness (QED) is 0.552. The Balaban J connectivity index is 2.65. The maximum absolute atomic E-state index is 11.3. The van der Waals surface area contributed by atoms with E-state index in [0.29, 0.717) is 12.8 Å². The molecule has 1 rings (SSSR count). The van der Waals surface area contributed by atoms with Crippen LogP contribution in [0.4, 0.5) is 0 Å². The zero-order valence-electron chi connectivity index (χ0n) is 7.46.